The zero-order chi connectivity index (χ0) is 27.4. The van der Waals surface area contributed by atoms with Gasteiger partial charge in [0.1, 0.15) is 6.26 Å². The van der Waals surface area contributed by atoms with Crippen LogP contribution >= 0.6 is 0 Å². The Morgan fingerprint density at radius 3 is 2.69 bits per heavy atom. The second-order valence-electron chi connectivity index (χ2n) is 10.9. The van der Waals surface area contributed by atoms with E-state index in [0.29, 0.717) is 69.1 Å². The molecule has 3 atom stereocenters. The molecule has 5 rings (SSSR count). The van der Waals surface area contributed by atoms with Gasteiger partial charge in [0.05, 0.1) is 14.2 Å². The van der Waals surface area contributed by atoms with Gasteiger partial charge in [-0.1, -0.05) is 6.07 Å². The monoisotopic (exact) mass is 538 g/mol. The minimum absolute atomic E-state index is 0.0108. The number of aryl methyl sites for hydroxylation is 2. The third-order valence-corrected chi connectivity index (χ3v) is 8.32. The number of nitrogens with zero attached hydrogens (tertiary/aromatic N) is 3. The van der Waals surface area contributed by atoms with Gasteiger partial charge >= 0.3 is 0 Å². The van der Waals surface area contributed by atoms with Gasteiger partial charge in [-0.05, 0) is 67.6 Å². The molecular formula is C29H38N4O6. The van der Waals surface area contributed by atoms with Crippen molar-refractivity contribution in [3.05, 3.63) is 41.6 Å². The van der Waals surface area contributed by atoms with Crippen molar-refractivity contribution in [1.29, 1.82) is 0 Å². The number of carbonyl (C=O) groups excluding carboxylic acids is 3. The fraction of sp³-hybridized carbons (Fsp3) is 0.586. The SMILES string of the molecule is COc1cc2cc(c1OC)CCCNC(=O)CCC[C@H]1[C@@H]3C[C@@H](CN(C(=O)c4cocn4)C3)CN1C(=O)CC2. The minimum atomic E-state index is -0.130. The lowest BCUT2D eigenvalue weighted by Crippen LogP contribution is -2.60. The summed E-state index contributed by atoms with van der Waals surface area (Å²) in [5.41, 5.74) is 2.36. The van der Waals surface area contributed by atoms with Gasteiger partial charge < -0.3 is 29.0 Å². The number of carbonyl (C=O) groups is 3. The van der Waals surface area contributed by atoms with Crippen LogP contribution in [0.4, 0.5) is 0 Å². The Hall–Kier alpha value is -3.56. The highest BCUT2D eigenvalue weighted by atomic mass is 16.5. The molecular weight excluding hydrogens is 500 g/mol. The van der Waals surface area contributed by atoms with Crippen molar-refractivity contribution < 1.29 is 28.3 Å². The first-order chi connectivity index (χ1) is 19.0. The molecule has 1 aromatic heterocycles. The highest BCUT2D eigenvalue weighted by Gasteiger charge is 2.43. The van der Waals surface area contributed by atoms with Gasteiger partial charge in [0, 0.05) is 45.1 Å². The van der Waals surface area contributed by atoms with Crippen LogP contribution in [0.5, 0.6) is 11.5 Å². The topological polar surface area (TPSA) is 114 Å². The maximum absolute atomic E-state index is 13.7. The summed E-state index contributed by atoms with van der Waals surface area (Å²) < 4.78 is 16.3. The molecule has 4 heterocycles. The van der Waals surface area contributed by atoms with Gasteiger partial charge in [0.15, 0.2) is 23.6 Å². The first kappa shape index (κ1) is 27.0. The summed E-state index contributed by atoms with van der Waals surface area (Å²) in [6.45, 7) is 2.37. The van der Waals surface area contributed by atoms with Crippen molar-refractivity contribution in [2.24, 2.45) is 11.8 Å². The van der Waals surface area contributed by atoms with E-state index in [9.17, 15) is 14.4 Å². The van der Waals surface area contributed by atoms with E-state index < -0.39 is 0 Å². The van der Waals surface area contributed by atoms with Crippen molar-refractivity contribution >= 4 is 17.7 Å². The molecule has 1 aromatic carbocycles. The van der Waals surface area contributed by atoms with E-state index >= 15 is 0 Å². The van der Waals surface area contributed by atoms with Crippen LogP contribution in [0.15, 0.2) is 29.2 Å². The number of benzene rings is 1. The Bertz CT molecular complexity index is 1180. The minimum Gasteiger partial charge on any atom is -0.493 e. The smallest absolute Gasteiger partial charge is 0.275 e. The van der Waals surface area contributed by atoms with Crippen LogP contribution in [0.25, 0.3) is 0 Å². The van der Waals surface area contributed by atoms with Crippen LogP contribution in [0.1, 0.15) is 60.1 Å². The number of likely N-dealkylation sites (tertiary alicyclic amines) is 1. The van der Waals surface area contributed by atoms with E-state index in [1.54, 1.807) is 14.2 Å². The number of rotatable bonds is 3. The largest absolute Gasteiger partial charge is 0.493 e. The quantitative estimate of drug-likeness (QED) is 0.639. The number of hydrogen-bond acceptors (Lipinski definition) is 7. The van der Waals surface area contributed by atoms with E-state index in [4.69, 9.17) is 13.9 Å². The number of aromatic nitrogens is 1. The second-order valence-corrected chi connectivity index (χ2v) is 10.9. The second kappa shape index (κ2) is 12.1. The average Bonchev–Trinajstić information content (AvgIpc) is 3.48. The molecule has 10 heteroatoms. The summed E-state index contributed by atoms with van der Waals surface area (Å²) in [7, 11) is 3.25. The molecule has 10 nitrogen and oxygen atoms in total. The number of hydrogen-bond donors (Lipinski definition) is 1. The van der Waals surface area contributed by atoms with Crippen molar-refractivity contribution in [1.82, 2.24) is 20.1 Å². The van der Waals surface area contributed by atoms with Crippen LogP contribution in [-0.2, 0) is 22.4 Å². The molecule has 0 saturated carbocycles. The molecule has 210 valence electrons. The molecule has 2 aromatic rings. The predicted molar refractivity (Wildman–Crippen MR) is 143 cm³/mol. The lowest BCUT2D eigenvalue weighted by atomic mass is 9.77. The van der Waals surface area contributed by atoms with Crippen LogP contribution in [0.3, 0.4) is 0 Å². The number of ether oxygens (including phenoxy) is 2. The number of oxazole rings is 1. The molecule has 39 heavy (non-hydrogen) atoms. The van der Waals surface area contributed by atoms with Crippen LogP contribution in [0.2, 0.25) is 0 Å². The van der Waals surface area contributed by atoms with E-state index in [1.807, 2.05) is 15.9 Å². The normalized spacial score (nSPS) is 24.5. The van der Waals surface area contributed by atoms with E-state index in [0.717, 1.165) is 36.8 Å². The van der Waals surface area contributed by atoms with E-state index in [1.165, 1.54) is 12.7 Å². The number of amides is 3. The van der Waals surface area contributed by atoms with Gasteiger partial charge in [0.2, 0.25) is 11.8 Å². The van der Waals surface area contributed by atoms with Crippen molar-refractivity contribution in [3.63, 3.8) is 0 Å². The molecule has 3 amide bonds. The van der Waals surface area contributed by atoms with Crippen LogP contribution in [-0.4, -0.2) is 78.9 Å². The summed E-state index contributed by atoms with van der Waals surface area (Å²) in [6.07, 6.45) is 8.01. The number of nitrogens with one attached hydrogen (secondary N) is 1. The molecule has 0 aliphatic carbocycles. The summed E-state index contributed by atoms with van der Waals surface area (Å²) in [5, 5.41) is 3.04. The average molecular weight is 539 g/mol. The molecule has 0 unspecified atom stereocenters. The zero-order valence-corrected chi connectivity index (χ0v) is 22.8. The molecule has 2 fully saturated rings. The summed E-state index contributed by atoms with van der Waals surface area (Å²) in [4.78, 5) is 47.2. The summed E-state index contributed by atoms with van der Waals surface area (Å²) in [6, 6.07) is 4.04. The molecule has 0 spiro atoms. The summed E-state index contributed by atoms with van der Waals surface area (Å²) >= 11 is 0. The van der Waals surface area contributed by atoms with E-state index in [-0.39, 0.29) is 35.6 Å². The predicted octanol–water partition coefficient (Wildman–Crippen LogP) is 2.85. The Kier molecular flexibility index (Phi) is 8.38. The molecule has 2 saturated heterocycles. The lowest BCUT2D eigenvalue weighted by molar-refractivity contribution is -0.140. The van der Waals surface area contributed by atoms with Crippen molar-refractivity contribution in [2.45, 2.75) is 57.4 Å². The Balaban J connectivity index is 1.37. The Morgan fingerprint density at radius 2 is 1.92 bits per heavy atom. The van der Waals surface area contributed by atoms with Crippen LogP contribution in [0, 0.1) is 11.8 Å². The van der Waals surface area contributed by atoms with Crippen LogP contribution < -0.4 is 14.8 Å². The highest BCUT2D eigenvalue weighted by Crippen LogP contribution is 2.37. The molecule has 1 N–H and O–H groups in total. The lowest BCUT2D eigenvalue weighted by Gasteiger charge is -2.51. The fourth-order valence-corrected chi connectivity index (χ4v) is 6.55. The first-order valence-electron chi connectivity index (χ1n) is 13.9. The first-order valence-corrected chi connectivity index (χ1v) is 13.9. The third-order valence-electron chi connectivity index (χ3n) is 8.32. The molecule has 4 bridgehead atoms. The van der Waals surface area contributed by atoms with Crippen molar-refractivity contribution in [2.75, 3.05) is 40.4 Å². The van der Waals surface area contributed by atoms with Gasteiger partial charge in [-0.15, -0.1) is 0 Å². The highest BCUT2D eigenvalue weighted by molar-refractivity contribution is 5.92. The molecule has 3 aliphatic rings. The zero-order valence-electron chi connectivity index (χ0n) is 22.8. The summed E-state index contributed by atoms with van der Waals surface area (Å²) in [5.74, 6) is 1.75. The van der Waals surface area contributed by atoms with Gasteiger partial charge in [-0.3, -0.25) is 14.4 Å². The van der Waals surface area contributed by atoms with E-state index in [2.05, 4.69) is 16.4 Å². The maximum Gasteiger partial charge on any atom is 0.275 e. The third kappa shape index (κ3) is 6.04. The Labute approximate surface area is 229 Å². The maximum atomic E-state index is 13.7. The standard InChI is InChI=1S/C29H38N4O6/c1-37-25-13-19-8-9-27(35)33-15-20-12-22(16-32(14-20)29(36)23-17-39-18-31-23)24(33)6-3-7-26(34)30-10-4-5-21(11-19)28(25)38-2/h11,13,17-18,20,22,24H,3-10,12,14-16H2,1-2H3,(H,30,34)/t20-,22+,24-/m0/s1. The number of fused-ring (bicyclic) bond motifs is 6. The number of methoxy groups -OCH3 is 2. The van der Waals surface area contributed by atoms with Gasteiger partial charge in [0.25, 0.3) is 5.91 Å². The number of piperidine rings is 2. The fourth-order valence-electron chi connectivity index (χ4n) is 6.55. The van der Waals surface area contributed by atoms with Gasteiger partial charge in [-0.2, -0.15) is 0 Å². The molecule has 3 aliphatic heterocycles. The van der Waals surface area contributed by atoms with Gasteiger partial charge in [-0.25, -0.2) is 4.98 Å². The molecule has 0 radical (unpaired) electrons. The Morgan fingerprint density at radius 1 is 1.05 bits per heavy atom. The van der Waals surface area contributed by atoms with Crippen molar-refractivity contribution in [3.8, 4) is 11.5 Å².